The molecule has 0 radical (unpaired) electrons. The second-order valence-electron chi connectivity index (χ2n) is 12.5. The summed E-state index contributed by atoms with van der Waals surface area (Å²) in [6.07, 6.45) is 3.91. The number of hydrogen-bond donors (Lipinski definition) is 0. The first kappa shape index (κ1) is 29.4. The third kappa shape index (κ3) is 6.27. The number of ether oxygens (including phenoxy) is 4. The Kier molecular flexibility index (Phi) is 8.15. The van der Waals surface area contributed by atoms with Crippen LogP contribution in [0.15, 0.2) is 48.6 Å². The van der Waals surface area contributed by atoms with Gasteiger partial charge in [0.1, 0.15) is 0 Å². The van der Waals surface area contributed by atoms with Gasteiger partial charge in [-0.2, -0.15) is 0 Å². The number of carbonyl (C=O) groups excluding carboxylic acids is 4. The molecule has 0 aromatic heterocycles. The molecule has 0 N–H and O–H groups in total. The van der Waals surface area contributed by atoms with E-state index in [0.29, 0.717) is 60.8 Å². The van der Waals surface area contributed by atoms with Crippen LogP contribution in [0.4, 0.5) is 0 Å². The lowest BCUT2D eigenvalue weighted by atomic mass is 9.36. The molecule has 8 heteroatoms. The minimum atomic E-state index is -0.485. The quantitative estimate of drug-likeness (QED) is 0.202. The molecular formula is C30H40O8. The van der Waals surface area contributed by atoms with Gasteiger partial charge in [0.05, 0.1) is 26.4 Å². The molecule has 0 aromatic rings. The van der Waals surface area contributed by atoms with Crippen molar-refractivity contribution in [3.8, 4) is 0 Å². The van der Waals surface area contributed by atoms with E-state index in [1.54, 1.807) is 27.7 Å². The molecule has 4 bridgehead atoms. The Morgan fingerprint density at radius 1 is 0.447 bits per heavy atom. The minimum Gasteiger partial charge on any atom is -0.462 e. The van der Waals surface area contributed by atoms with Crippen LogP contribution in [0.3, 0.4) is 0 Å². The molecule has 4 aliphatic carbocycles. The molecule has 0 heterocycles. The standard InChI is InChI=1S/C30H40O8/c1-19(2)23(31)35-15-27-9-28(16-36-24(32)20(3)4)12-29(10-27,17-37-25(33)21(5)6)14-30(11-27,13-28)18-38-26(34)22(7)8/h1,3,5,7,9-18H2,2,4,6,8H3. The summed E-state index contributed by atoms with van der Waals surface area (Å²) >= 11 is 0. The molecular weight excluding hydrogens is 488 g/mol. The lowest BCUT2D eigenvalue weighted by Crippen LogP contribution is -2.65. The molecule has 208 valence electrons. The van der Waals surface area contributed by atoms with Gasteiger partial charge >= 0.3 is 23.9 Å². The van der Waals surface area contributed by atoms with E-state index in [1.807, 2.05) is 0 Å². The van der Waals surface area contributed by atoms with Gasteiger partial charge in [-0.1, -0.05) is 26.3 Å². The molecule has 0 amide bonds. The molecule has 0 atom stereocenters. The van der Waals surface area contributed by atoms with Crippen molar-refractivity contribution in [2.75, 3.05) is 26.4 Å². The van der Waals surface area contributed by atoms with Gasteiger partial charge in [0.25, 0.3) is 0 Å². The van der Waals surface area contributed by atoms with Crippen LogP contribution in [0, 0.1) is 21.7 Å². The van der Waals surface area contributed by atoms with Crippen LogP contribution in [-0.2, 0) is 38.1 Å². The maximum absolute atomic E-state index is 12.4. The smallest absolute Gasteiger partial charge is 0.333 e. The van der Waals surface area contributed by atoms with Crippen molar-refractivity contribution in [1.29, 1.82) is 0 Å². The maximum Gasteiger partial charge on any atom is 0.333 e. The normalized spacial score (nSPS) is 30.6. The summed E-state index contributed by atoms with van der Waals surface area (Å²) in [5, 5.41) is 0. The summed E-state index contributed by atoms with van der Waals surface area (Å²) in [5.41, 5.74) is -0.738. The lowest BCUT2D eigenvalue weighted by Gasteiger charge is -2.69. The fourth-order valence-electron chi connectivity index (χ4n) is 7.50. The largest absolute Gasteiger partial charge is 0.462 e. The zero-order chi connectivity index (χ0) is 28.5. The molecule has 0 unspecified atom stereocenters. The van der Waals surface area contributed by atoms with E-state index >= 15 is 0 Å². The van der Waals surface area contributed by atoms with Crippen molar-refractivity contribution in [2.24, 2.45) is 21.7 Å². The Morgan fingerprint density at radius 2 is 0.605 bits per heavy atom. The van der Waals surface area contributed by atoms with E-state index < -0.39 is 45.5 Å². The highest BCUT2D eigenvalue weighted by atomic mass is 16.5. The Balaban J connectivity index is 2.01. The highest BCUT2D eigenvalue weighted by Crippen LogP contribution is 2.74. The van der Waals surface area contributed by atoms with Crippen LogP contribution in [0.2, 0.25) is 0 Å². The van der Waals surface area contributed by atoms with Crippen molar-refractivity contribution in [1.82, 2.24) is 0 Å². The first-order valence-electron chi connectivity index (χ1n) is 12.9. The van der Waals surface area contributed by atoms with Gasteiger partial charge in [-0.25, -0.2) is 19.2 Å². The van der Waals surface area contributed by atoms with E-state index in [2.05, 4.69) is 26.3 Å². The monoisotopic (exact) mass is 528 g/mol. The highest BCUT2D eigenvalue weighted by molar-refractivity contribution is 5.88. The molecule has 4 saturated carbocycles. The fourth-order valence-corrected chi connectivity index (χ4v) is 7.50. The van der Waals surface area contributed by atoms with Crippen molar-refractivity contribution in [2.45, 2.75) is 66.2 Å². The molecule has 0 spiro atoms. The summed E-state index contributed by atoms with van der Waals surface area (Å²) in [7, 11) is 0. The molecule has 0 saturated heterocycles. The predicted molar refractivity (Wildman–Crippen MR) is 141 cm³/mol. The van der Waals surface area contributed by atoms with Crippen LogP contribution in [0.5, 0.6) is 0 Å². The zero-order valence-electron chi connectivity index (χ0n) is 23.2. The predicted octanol–water partition coefficient (Wildman–Crippen LogP) is 4.79. The minimum absolute atomic E-state index is 0.140. The van der Waals surface area contributed by atoms with Gasteiger partial charge in [0.2, 0.25) is 0 Å². The molecule has 4 aliphatic rings. The lowest BCUT2D eigenvalue weighted by molar-refractivity contribution is -0.247. The van der Waals surface area contributed by atoms with Crippen LogP contribution in [-0.4, -0.2) is 50.3 Å². The molecule has 0 aromatic carbocycles. The third-order valence-corrected chi connectivity index (χ3v) is 7.93. The van der Waals surface area contributed by atoms with Gasteiger partial charge in [-0.15, -0.1) is 0 Å². The topological polar surface area (TPSA) is 105 Å². The molecule has 4 rings (SSSR count). The number of carbonyl (C=O) groups is 4. The zero-order valence-corrected chi connectivity index (χ0v) is 23.2. The number of hydrogen-bond acceptors (Lipinski definition) is 8. The second-order valence-corrected chi connectivity index (χ2v) is 12.5. The number of rotatable bonds is 12. The van der Waals surface area contributed by atoms with E-state index in [4.69, 9.17) is 18.9 Å². The fraction of sp³-hybridized carbons (Fsp3) is 0.600. The second kappa shape index (κ2) is 10.5. The van der Waals surface area contributed by atoms with Crippen molar-refractivity contribution in [3.63, 3.8) is 0 Å². The first-order chi connectivity index (χ1) is 17.6. The average molecular weight is 529 g/mol. The Bertz CT molecular complexity index is 888. The van der Waals surface area contributed by atoms with Gasteiger partial charge in [0, 0.05) is 44.0 Å². The summed E-state index contributed by atoms with van der Waals surface area (Å²) in [5.74, 6) is -1.91. The van der Waals surface area contributed by atoms with Gasteiger partial charge in [0.15, 0.2) is 0 Å². The average Bonchev–Trinajstić information content (AvgIpc) is 2.81. The van der Waals surface area contributed by atoms with Crippen LogP contribution >= 0.6 is 0 Å². The van der Waals surface area contributed by atoms with Crippen molar-refractivity contribution >= 4 is 23.9 Å². The van der Waals surface area contributed by atoms with Crippen LogP contribution < -0.4 is 0 Å². The van der Waals surface area contributed by atoms with E-state index in [0.717, 1.165) is 0 Å². The first-order valence-corrected chi connectivity index (χ1v) is 12.9. The van der Waals surface area contributed by atoms with E-state index in [1.165, 1.54) is 0 Å². The Labute approximate surface area is 225 Å². The maximum atomic E-state index is 12.4. The molecule has 38 heavy (non-hydrogen) atoms. The summed E-state index contributed by atoms with van der Waals surface area (Å²) < 4.78 is 22.8. The Hall–Kier alpha value is -3.16. The summed E-state index contributed by atoms with van der Waals surface area (Å²) in [6.45, 7) is 21.7. The summed E-state index contributed by atoms with van der Waals surface area (Å²) in [6, 6.07) is 0. The molecule has 4 fully saturated rings. The van der Waals surface area contributed by atoms with Gasteiger partial charge in [-0.3, -0.25) is 0 Å². The molecule has 8 nitrogen and oxygen atoms in total. The molecule has 0 aliphatic heterocycles. The van der Waals surface area contributed by atoms with Crippen molar-refractivity contribution < 1.29 is 38.1 Å². The van der Waals surface area contributed by atoms with Crippen LogP contribution in [0.1, 0.15) is 66.2 Å². The van der Waals surface area contributed by atoms with E-state index in [-0.39, 0.29) is 26.4 Å². The SMILES string of the molecule is C=C(C)C(=O)OCC12CC3(COC(=O)C(=C)C)CC(COC(=O)C(=C)C)(C1)CC(COC(=O)C(=C)C)(C2)C3. The number of esters is 4. The highest BCUT2D eigenvalue weighted by Gasteiger charge is 2.69. The summed E-state index contributed by atoms with van der Waals surface area (Å²) in [4.78, 5) is 49.5. The Morgan fingerprint density at radius 3 is 0.737 bits per heavy atom. The van der Waals surface area contributed by atoms with Crippen molar-refractivity contribution in [3.05, 3.63) is 48.6 Å². The van der Waals surface area contributed by atoms with Crippen LogP contribution in [0.25, 0.3) is 0 Å². The van der Waals surface area contributed by atoms with Gasteiger partial charge < -0.3 is 18.9 Å². The van der Waals surface area contributed by atoms with Gasteiger partial charge in [-0.05, 0) is 66.2 Å². The third-order valence-electron chi connectivity index (χ3n) is 7.93. The van der Waals surface area contributed by atoms with E-state index in [9.17, 15) is 19.2 Å².